The molecule has 0 amide bonds. The zero-order valence-electron chi connectivity index (χ0n) is 35.3. The van der Waals surface area contributed by atoms with Crippen molar-refractivity contribution < 1.29 is 0 Å². The molecule has 56 heavy (non-hydrogen) atoms. The Bertz CT molecular complexity index is 2140. The van der Waals surface area contributed by atoms with Crippen molar-refractivity contribution in [3.8, 4) is 0 Å². The molecule has 0 atom stereocenters. The van der Waals surface area contributed by atoms with Gasteiger partial charge in [0.15, 0.2) is 0 Å². The highest BCUT2D eigenvalue weighted by Gasteiger charge is 2.59. The van der Waals surface area contributed by atoms with E-state index < -0.39 is 0 Å². The summed E-state index contributed by atoms with van der Waals surface area (Å²) in [5.41, 5.74) is 22.7. The van der Waals surface area contributed by atoms with Gasteiger partial charge in [0.25, 0.3) is 0 Å². The standard InChI is InChI=1S/C50H54B2N4/c1-31-23-35(5)45(36(6)24-31)53-49-50(55(51(53)43-19-15-13-16-20-43)47-39(9)27-33(3)28-40(47)10)56(48-41(11)29-34(4)30-42(48)12)52(44-21-17-14-18-22-44)54(49)46-37(7)25-32(2)26-38(46)8/h13-30H,1-12H3. The minimum absolute atomic E-state index is 0.180. The van der Waals surface area contributed by atoms with Crippen molar-refractivity contribution in [3.63, 3.8) is 0 Å². The highest BCUT2D eigenvalue weighted by Crippen LogP contribution is 2.51. The third-order valence-electron chi connectivity index (χ3n) is 11.8. The number of aryl methyl sites for hydroxylation is 12. The third kappa shape index (κ3) is 6.02. The molecule has 2 aliphatic heterocycles. The van der Waals surface area contributed by atoms with Crippen molar-refractivity contribution in [3.05, 3.63) is 188 Å². The molecule has 6 aromatic carbocycles. The molecule has 0 saturated carbocycles. The van der Waals surface area contributed by atoms with E-state index >= 15 is 0 Å². The molecule has 280 valence electrons. The number of hydrogen-bond donors (Lipinski definition) is 0. The number of nitrogens with zero attached hydrogens (tertiary/aromatic N) is 4. The first-order chi connectivity index (χ1) is 26.8. The first-order valence-electron chi connectivity index (χ1n) is 20.1. The van der Waals surface area contributed by atoms with Gasteiger partial charge in [0.05, 0.1) is 0 Å². The minimum Gasteiger partial charge on any atom is -0.345 e. The van der Waals surface area contributed by atoms with E-state index in [2.05, 4.69) is 212 Å². The minimum atomic E-state index is -0.180. The summed E-state index contributed by atoms with van der Waals surface area (Å²) < 4.78 is 0. The molecule has 0 spiro atoms. The SMILES string of the molecule is Cc1cc(C)c(N2B(c3ccccc3)N(c3c(C)cc(C)cc3C)C3=C2N(c2c(C)cc(C)cc2C)B(c2ccccc2)N3c2c(C)cc(C)cc2C)c(C)c1. The Morgan fingerprint density at radius 3 is 0.679 bits per heavy atom. The van der Waals surface area contributed by atoms with Crippen LogP contribution in [0.3, 0.4) is 0 Å². The van der Waals surface area contributed by atoms with Gasteiger partial charge >= 0.3 is 14.0 Å². The molecule has 4 nitrogen and oxygen atoms in total. The maximum Gasteiger partial charge on any atom is 0.423 e. The first kappa shape index (κ1) is 37.3. The van der Waals surface area contributed by atoms with E-state index in [-0.39, 0.29) is 14.0 Å². The largest absolute Gasteiger partial charge is 0.423 e. The van der Waals surface area contributed by atoms with Crippen LogP contribution in [0.1, 0.15) is 66.8 Å². The summed E-state index contributed by atoms with van der Waals surface area (Å²) in [6, 6.07) is 41.2. The second-order valence-electron chi connectivity index (χ2n) is 16.7. The average molecular weight is 733 g/mol. The van der Waals surface area contributed by atoms with E-state index in [1.807, 2.05) is 0 Å². The summed E-state index contributed by atoms with van der Waals surface area (Å²) >= 11 is 0. The van der Waals surface area contributed by atoms with Crippen molar-refractivity contribution in [2.24, 2.45) is 0 Å². The zero-order chi connectivity index (χ0) is 39.7. The van der Waals surface area contributed by atoms with Crippen LogP contribution in [0, 0.1) is 83.1 Å². The summed E-state index contributed by atoms with van der Waals surface area (Å²) in [6.07, 6.45) is 0. The second-order valence-corrected chi connectivity index (χ2v) is 16.7. The Kier molecular flexibility index (Phi) is 9.43. The van der Waals surface area contributed by atoms with Gasteiger partial charge in [0.2, 0.25) is 0 Å². The van der Waals surface area contributed by atoms with Crippen LogP contribution >= 0.6 is 0 Å². The van der Waals surface area contributed by atoms with Gasteiger partial charge in [-0.1, -0.05) is 131 Å². The van der Waals surface area contributed by atoms with E-state index in [1.54, 1.807) is 0 Å². The lowest BCUT2D eigenvalue weighted by atomic mass is 9.60. The molecule has 8 rings (SSSR count). The Morgan fingerprint density at radius 1 is 0.286 bits per heavy atom. The predicted molar refractivity (Wildman–Crippen MR) is 243 cm³/mol. The fourth-order valence-corrected chi connectivity index (χ4v) is 10.3. The van der Waals surface area contributed by atoms with Gasteiger partial charge in [-0.05, 0) is 139 Å². The van der Waals surface area contributed by atoms with Crippen molar-refractivity contribution in [2.45, 2.75) is 83.1 Å². The fraction of sp³-hybridized carbons (Fsp3) is 0.240. The predicted octanol–water partition coefficient (Wildman–Crippen LogP) is 10.7. The first-order valence-corrected chi connectivity index (χ1v) is 20.1. The lowest BCUT2D eigenvalue weighted by Crippen LogP contribution is -2.65. The summed E-state index contributed by atoms with van der Waals surface area (Å²) in [5.74, 6) is 2.38. The molecule has 0 aromatic heterocycles. The number of benzene rings is 6. The van der Waals surface area contributed by atoms with Crippen LogP contribution in [0.25, 0.3) is 0 Å². The normalized spacial score (nSPS) is 14.1. The van der Waals surface area contributed by atoms with Crippen molar-refractivity contribution in [1.82, 2.24) is 0 Å². The monoisotopic (exact) mass is 732 g/mol. The van der Waals surface area contributed by atoms with Gasteiger partial charge in [-0.25, -0.2) is 0 Å². The molecule has 0 saturated heterocycles. The number of hydrogen-bond acceptors (Lipinski definition) is 4. The molecule has 2 aliphatic rings. The summed E-state index contributed by atoms with van der Waals surface area (Å²) in [7, 11) is 0. The molecule has 0 bridgehead atoms. The molecular weight excluding hydrogens is 678 g/mol. The second kappa shape index (κ2) is 14.2. The Morgan fingerprint density at radius 2 is 0.482 bits per heavy atom. The van der Waals surface area contributed by atoms with Crippen LogP contribution in [0.4, 0.5) is 22.7 Å². The Hall–Kier alpha value is -5.61. The van der Waals surface area contributed by atoms with E-state index in [0.717, 1.165) is 0 Å². The van der Waals surface area contributed by atoms with Crippen molar-refractivity contribution >= 4 is 47.6 Å². The highest BCUT2D eigenvalue weighted by molar-refractivity contribution is 6.88. The maximum absolute atomic E-state index is 2.70. The van der Waals surface area contributed by atoms with E-state index in [4.69, 9.17) is 0 Å². The molecule has 0 unspecified atom stereocenters. The molecule has 6 heteroatoms. The fourth-order valence-electron chi connectivity index (χ4n) is 10.3. The van der Waals surface area contributed by atoms with Crippen molar-refractivity contribution in [1.29, 1.82) is 0 Å². The smallest absolute Gasteiger partial charge is 0.345 e. The molecule has 6 aromatic rings. The quantitative estimate of drug-likeness (QED) is 0.158. The lowest BCUT2D eigenvalue weighted by Gasteiger charge is -2.44. The topological polar surface area (TPSA) is 13.0 Å². The van der Waals surface area contributed by atoms with Gasteiger partial charge in [0, 0.05) is 22.7 Å². The maximum atomic E-state index is 2.70. The molecule has 0 aliphatic carbocycles. The summed E-state index contributed by atoms with van der Waals surface area (Å²) in [6.45, 7) is 26.9. The third-order valence-corrected chi connectivity index (χ3v) is 11.8. The van der Waals surface area contributed by atoms with Gasteiger partial charge in [-0.2, -0.15) is 0 Å². The molecular formula is C50H54B2N4. The molecule has 2 heterocycles. The van der Waals surface area contributed by atoms with E-state index in [9.17, 15) is 0 Å². The molecule has 0 N–H and O–H groups in total. The Labute approximate surface area is 336 Å². The van der Waals surface area contributed by atoms with Crippen LogP contribution < -0.4 is 30.2 Å². The van der Waals surface area contributed by atoms with Crippen LogP contribution in [0.15, 0.2) is 121 Å². The van der Waals surface area contributed by atoms with Crippen LogP contribution in [0.5, 0.6) is 0 Å². The molecule has 0 radical (unpaired) electrons. The average Bonchev–Trinajstić information content (AvgIpc) is 3.61. The summed E-state index contributed by atoms with van der Waals surface area (Å²) in [5, 5.41) is 0. The van der Waals surface area contributed by atoms with Gasteiger partial charge in [0.1, 0.15) is 11.6 Å². The summed E-state index contributed by atoms with van der Waals surface area (Å²) in [4.78, 5) is 10.8. The van der Waals surface area contributed by atoms with Gasteiger partial charge in [-0.3, -0.25) is 0 Å². The highest BCUT2D eigenvalue weighted by atomic mass is 15.5. The van der Waals surface area contributed by atoms with E-state index in [1.165, 1.54) is 112 Å². The van der Waals surface area contributed by atoms with Crippen LogP contribution in [-0.4, -0.2) is 14.0 Å². The van der Waals surface area contributed by atoms with Gasteiger partial charge < -0.3 is 19.2 Å². The van der Waals surface area contributed by atoms with Crippen molar-refractivity contribution in [2.75, 3.05) is 19.2 Å². The number of anilines is 4. The van der Waals surface area contributed by atoms with Crippen LogP contribution in [0.2, 0.25) is 0 Å². The lowest BCUT2D eigenvalue weighted by molar-refractivity contribution is 1.11. The Balaban J connectivity index is 1.61. The molecule has 0 fully saturated rings. The zero-order valence-corrected chi connectivity index (χ0v) is 35.3. The van der Waals surface area contributed by atoms with E-state index in [0.29, 0.717) is 0 Å². The van der Waals surface area contributed by atoms with Crippen LogP contribution in [-0.2, 0) is 0 Å². The number of rotatable bonds is 6. The van der Waals surface area contributed by atoms with Gasteiger partial charge in [-0.15, -0.1) is 0 Å².